The van der Waals surface area contributed by atoms with Gasteiger partial charge in [-0.15, -0.1) is 0 Å². The lowest BCUT2D eigenvalue weighted by Crippen LogP contribution is -2.20. The Balaban J connectivity index is 1.91. The Morgan fingerprint density at radius 1 is 1.05 bits per heavy atom. The van der Waals surface area contributed by atoms with Crippen LogP contribution in [0.3, 0.4) is 0 Å². The van der Waals surface area contributed by atoms with Crippen molar-refractivity contribution in [1.29, 1.82) is 5.26 Å². The highest BCUT2D eigenvalue weighted by atomic mass is 16.2. The quantitative estimate of drug-likeness (QED) is 0.739. The fourth-order valence-corrected chi connectivity index (χ4v) is 1.99. The van der Waals surface area contributed by atoms with Crippen LogP contribution >= 0.6 is 0 Å². The van der Waals surface area contributed by atoms with Gasteiger partial charge in [0.05, 0.1) is 12.6 Å². The van der Waals surface area contributed by atoms with E-state index in [1.165, 1.54) is 0 Å². The number of rotatable bonds is 5. The monoisotopic (exact) mass is 294 g/mol. The highest BCUT2D eigenvalue weighted by Gasteiger charge is 2.06. The zero-order valence-corrected chi connectivity index (χ0v) is 12.3. The van der Waals surface area contributed by atoms with Gasteiger partial charge in [0.15, 0.2) is 0 Å². The van der Waals surface area contributed by atoms with Gasteiger partial charge in [0.2, 0.25) is 0 Å². The number of carbonyl (C=O) groups is 1. The molecule has 112 valence electrons. The third kappa shape index (κ3) is 4.62. The molecule has 0 heterocycles. The summed E-state index contributed by atoms with van der Waals surface area (Å²) in [7, 11) is 0. The molecule has 0 bridgehead atoms. The zero-order valence-electron chi connectivity index (χ0n) is 12.3. The van der Waals surface area contributed by atoms with E-state index in [1.807, 2.05) is 61.5 Å². The molecule has 22 heavy (non-hydrogen) atoms. The summed E-state index contributed by atoms with van der Waals surface area (Å²) in [6.45, 7) is 2.29. The lowest BCUT2D eigenvalue weighted by Gasteiger charge is -2.13. The van der Waals surface area contributed by atoms with Gasteiger partial charge in [-0.1, -0.05) is 30.3 Å². The highest BCUT2D eigenvalue weighted by molar-refractivity contribution is 5.99. The maximum Gasteiger partial charge on any atom is 0.323 e. The number of benzene rings is 2. The molecule has 1 atom stereocenters. The van der Waals surface area contributed by atoms with Gasteiger partial charge in [0, 0.05) is 17.4 Å². The SMILES string of the molecule is CC(NCC#N)c1ccc(NC(=O)Nc2ccccc2)cc1. The van der Waals surface area contributed by atoms with Crippen LogP contribution in [-0.4, -0.2) is 12.6 Å². The Morgan fingerprint density at radius 2 is 1.64 bits per heavy atom. The number of anilines is 2. The van der Waals surface area contributed by atoms with E-state index in [1.54, 1.807) is 0 Å². The molecular formula is C17H18N4O. The van der Waals surface area contributed by atoms with Crippen LogP contribution in [0, 0.1) is 11.3 Å². The van der Waals surface area contributed by atoms with Crippen molar-refractivity contribution in [2.24, 2.45) is 0 Å². The van der Waals surface area contributed by atoms with Gasteiger partial charge in [0.1, 0.15) is 0 Å². The number of nitriles is 1. The first-order chi connectivity index (χ1) is 10.7. The van der Waals surface area contributed by atoms with E-state index in [0.29, 0.717) is 12.2 Å². The summed E-state index contributed by atoms with van der Waals surface area (Å²) >= 11 is 0. The third-order valence-corrected chi connectivity index (χ3v) is 3.19. The van der Waals surface area contributed by atoms with Gasteiger partial charge < -0.3 is 10.6 Å². The van der Waals surface area contributed by atoms with Crippen LogP contribution in [0.5, 0.6) is 0 Å². The van der Waals surface area contributed by atoms with Gasteiger partial charge in [-0.2, -0.15) is 5.26 Å². The number of hydrogen-bond donors (Lipinski definition) is 3. The van der Waals surface area contributed by atoms with E-state index in [0.717, 1.165) is 11.3 Å². The first kappa shape index (κ1) is 15.5. The van der Waals surface area contributed by atoms with Gasteiger partial charge in [-0.3, -0.25) is 5.32 Å². The van der Waals surface area contributed by atoms with Crippen LogP contribution in [-0.2, 0) is 0 Å². The standard InChI is InChI=1S/C17H18N4O/c1-13(19-12-11-18)14-7-9-16(10-8-14)21-17(22)20-15-5-3-2-4-6-15/h2-10,13,19H,12H2,1H3,(H2,20,21,22). The van der Waals surface area contributed by atoms with Crippen molar-refractivity contribution in [2.45, 2.75) is 13.0 Å². The zero-order chi connectivity index (χ0) is 15.8. The predicted molar refractivity (Wildman–Crippen MR) is 87.6 cm³/mol. The Morgan fingerprint density at radius 3 is 2.23 bits per heavy atom. The molecule has 2 aromatic rings. The van der Waals surface area contributed by atoms with Crippen molar-refractivity contribution in [2.75, 3.05) is 17.2 Å². The highest BCUT2D eigenvalue weighted by Crippen LogP contribution is 2.16. The Labute approximate surface area is 130 Å². The number of hydrogen-bond acceptors (Lipinski definition) is 3. The number of nitrogens with one attached hydrogen (secondary N) is 3. The predicted octanol–water partition coefficient (Wildman–Crippen LogP) is 3.50. The van der Waals surface area contributed by atoms with E-state index in [-0.39, 0.29) is 12.1 Å². The molecule has 0 radical (unpaired) electrons. The van der Waals surface area contributed by atoms with Crippen LogP contribution in [0.25, 0.3) is 0 Å². The average Bonchev–Trinajstić information content (AvgIpc) is 2.54. The maximum absolute atomic E-state index is 11.9. The van der Waals surface area contributed by atoms with Crippen molar-refractivity contribution in [3.63, 3.8) is 0 Å². The van der Waals surface area contributed by atoms with E-state index in [9.17, 15) is 4.79 Å². The first-order valence-corrected chi connectivity index (χ1v) is 7.02. The van der Waals surface area contributed by atoms with Gasteiger partial charge in [-0.05, 0) is 36.8 Å². The molecule has 0 aliphatic carbocycles. The minimum Gasteiger partial charge on any atom is -0.308 e. The first-order valence-electron chi connectivity index (χ1n) is 7.02. The second-order valence-corrected chi connectivity index (χ2v) is 4.83. The lowest BCUT2D eigenvalue weighted by atomic mass is 10.1. The molecule has 0 aliphatic rings. The molecule has 1 unspecified atom stereocenters. The summed E-state index contributed by atoms with van der Waals surface area (Å²) < 4.78 is 0. The van der Waals surface area contributed by atoms with E-state index in [2.05, 4.69) is 22.0 Å². The topological polar surface area (TPSA) is 77.0 Å². The Bertz CT molecular complexity index is 647. The largest absolute Gasteiger partial charge is 0.323 e. The Kier molecular flexibility index (Phi) is 5.52. The fourth-order valence-electron chi connectivity index (χ4n) is 1.99. The third-order valence-electron chi connectivity index (χ3n) is 3.19. The van der Waals surface area contributed by atoms with Crippen molar-refractivity contribution in [3.05, 3.63) is 60.2 Å². The molecule has 3 N–H and O–H groups in total. The smallest absolute Gasteiger partial charge is 0.308 e. The van der Waals surface area contributed by atoms with Crippen LogP contribution < -0.4 is 16.0 Å². The van der Waals surface area contributed by atoms with Crippen LogP contribution in [0.4, 0.5) is 16.2 Å². The summed E-state index contributed by atoms with van der Waals surface area (Å²) in [4.78, 5) is 11.9. The molecule has 0 aliphatic heterocycles. The lowest BCUT2D eigenvalue weighted by molar-refractivity contribution is 0.262. The summed E-state index contributed by atoms with van der Waals surface area (Å²) in [5, 5.41) is 17.2. The second kappa shape index (κ2) is 7.81. The molecular weight excluding hydrogens is 276 g/mol. The minimum atomic E-state index is -0.283. The van der Waals surface area contributed by atoms with Gasteiger partial charge >= 0.3 is 6.03 Å². The van der Waals surface area contributed by atoms with Gasteiger partial charge in [0.25, 0.3) is 0 Å². The van der Waals surface area contributed by atoms with Crippen molar-refractivity contribution < 1.29 is 4.79 Å². The molecule has 2 amide bonds. The molecule has 5 heteroatoms. The molecule has 5 nitrogen and oxygen atoms in total. The summed E-state index contributed by atoms with van der Waals surface area (Å²) in [5.74, 6) is 0. The Hall–Kier alpha value is -2.84. The van der Waals surface area contributed by atoms with Crippen LogP contribution in [0.15, 0.2) is 54.6 Å². The number of urea groups is 1. The molecule has 0 aromatic heterocycles. The van der Waals surface area contributed by atoms with Crippen molar-refractivity contribution in [1.82, 2.24) is 5.32 Å². The van der Waals surface area contributed by atoms with E-state index < -0.39 is 0 Å². The molecule has 0 saturated carbocycles. The van der Waals surface area contributed by atoms with Crippen molar-refractivity contribution in [3.8, 4) is 6.07 Å². The number of amides is 2. The molecule has 2 aromatic carbocycles. The number of nitrogens with zero attached hydrogens (tertiary/aromatic N) is 1. The van der Waals surface area contributed by atoms with Crippen LogP contribution in [0.2, 0.25) is 0 Å². The van der Waals surface area contributed by atoms with E-state index >= 15 is 0 Å². The fraction of sp³-hybridized carbons (Fsp3) is 0.176. The summed E-state index contributed by atoms with van der Waals surface area (Å²) in [5.41, 5.74) is 2.51. The molecule has 0 spiro atoms. The van der Waals surface area contributed by atoms with Crippen LogP contribution in [0.1, 0.15) is 18.5 Å². The summed E-state index contributed by atoms with van der Waals surface area (Å²) in [6, 6.07) is 18.6. The summed E-state index contributed by atoms with van der Waals surface area (Å²) in [6.07, 6.45) is 0. The van der Waals surface area contributed by atoms with Crippen molar-refractivity contribution >= 4 is 17.4 Å². The van der Waals surface area contributed by atoms with E-state index in [4.69, 9.17) is 5.26 Å². The minimum absolute atomic E-state index is 0.0897. The molecule has 0 fully saturated rings. The number of para-hydroxylation sites is 1. The molecule has 2 rings (SSSR count). The molecule has 0 saturated heterocycles. The van der Waals surface area contributed by atoms with Gasteiger partial charge in [-0.25, -0.2) is 4.79 Å². The second-order valence-electron chi connectivity index (χ2n) is 4.83. The maximum atomic E-state index is 11.9. The normalized spacial score (nSPS) is 11.3. The number of carbonyl (C=O) groups excluding carboxylic acids is 1. The average molecular weight is 294 g/mol.